The molecule has 4 nitrogen and oxygen atoms in total. The summed E-state index contributed by atoms with van der Waals surface area (Å²) in [4.78, 5) is 0. The summed E-state index contributed by atoms with van der Waals surface area (Å²) in [6.07, 6.45) is 3.32. The van der Waals surface area contributed by atoms with Crippen LogP contribution in [0.15, 0.2) is 30.3 Å². The topological polar surface area (TPSA) is 47.0 Å². The van der Waals surface area contributed by atoms with Gasteiger partial charge in [-0.1, -0.05) is 55.0 Å². The molecule has 0 bridgehead atoms. The first-order valence-corrected chi connectivity index (χ1v) is 7.92. The minimum absolute atomic E-state index is 0.803. The van der Waals surface area contributed by atoms with E-state index >= 15 is 0 Å². The van der Waals surface area contributed by atoms with Crippen LogP contribution in [-0.2, 0) is 4.74 Å². The number of nitrogens with zero attached hydrogens (tertiary/aromatic N) is 2. The van der Waals surface area contributed by atoms with E-state index in [1.54, 1.807) is 11.3 Å². The fourth-order valence-corrected chi connectivity index (χ4v) is 2.48. The summed E-state index contributed by atoms with van der Waals surface area (Å²) in [5.41, 5.74) is 1.11. The minimum atomic E-state index is 0.803. The largest absolute Gasteiger partial charge is 0.381 e. The first-order chi connectivity index (χ1) is 9.90. The van der Waals surface area contributed by atoms with Gasteiger partial charge in [-0.2, -0.15) is 0 Å². The Hall–Kier alpha value is -1.46. The van der Waals surface area contributed by atoms with Crippen molar-refractivity contribution < 1.29 is 4.74 Å². The molecule has 0 unspecified atom stereocenters. The zero-order valence-electron chi connectivity index (χ0n) is 11.8. The fraction of sp³-hybridized carbons (Fsp3) is 0.467. The number of nitrogens with one attached hydrogen (secondary N) is 1. The quantitative estimate of drug-likeness (QED) is 0.713. The molecule has 0 aliphatic rings. The summed E-state index contributed by atoms with van der Waals surface area (Å²) in [5, 5.41) is 13.5. The summed E-state index contributed by atoms with van der Waals surface area (Å²) in [5.74, 6) is 0. The minimum Gasteiger partial charge on any atom is -0.381 e. The molecule has 1 heterocycles. The van der Waals surface area contributed by atoms with Crippen molar-refractivity contribution in [2.45, 2.75) is 26.2 Å². The lowest BCUT2D eigenvalue weighted by Gasteiger charge is -2.03. The molecule has 20 heavy (non-hydrogen) atoms. The van der Waals surface area contributed by atoms with Gasteiger partial charge in [0.2, 0.25) is 5.13 Å². The van der Waals surface area contributed by atoms with E-state index in [0.717, 1.165) is 48.3 Å². The van der Waals surface area contributed by atoms with Crippen LogP contribution in [0.2, 0.25) is 0 Å². The summed E-state index contributed by atoms with van der Waals surface area (Å²) in [6.45, 7) is 4.71. The van der Waals surface area contributed by atoms with Gasteiger partial charge >= 0.3 is 0 Å². The molecule has 0 spiro atoms. The maximum absolute atomic E-state index is 5.51. The van der Waals surface area contributed by atoms with E-state index in [9.17, 15) is 0 Å². The second-order valence-electron chi connectivity index (χ2n) is 4.52. The van der Waals surface area contributed by atoms with Crippen LogP contribution >= 0.6 is 11.3 Å². The molecule has 0 saturated heterocycles. The average Bonchev–Trinajstić information content (AvgIpc) is 2.96. The smallest absolute Gasteiger partial charge is 0.206 e. The second kappa shape index (κ2) is 8.66. The van der Waals surface area contributed by atoms with Crippen molar-refractivity contribution in [1.29, 1.82) is 0 Å². The highest BCUT2D eigenvalue weighted by Crippen LogP contribution is 2.25. The molecule has 108 valence electrons. The van der Waals surface area contributed by atoms with Crippen molar-refractivity contribution in [3.05, 3.63) is 30.3 Å². The predicted molar refractivity (Wildman–Crippen MR) is 84.2 cm³/mol. The van der Waals surface area contributed by atoms with E-state index in [1.165, 1.54) is 6.42 Å². The van der Waals surface area contributed by atoms with Crippen molar-refractivity contribution in [2.24, 2.45) is 0 Å². The monoisotopic (exact) mass is 291 g/mol. The van der Waals surface area contributed by atoms with Gasteiger partial charge in [-0.3, -0.25) is 0 Å². The molecule has 0 saturated carbocycles. The van der Waals surface area contributed by atoms with Gasteiger partial charge in [-0.25, -0.2) is 0 Å². The Balaban J connectivity index is 1.69. The molecule has 0 radical (unpaired) electrons. The molecule has 1 N–H and O–H groups in total. The average molecular weight is 291 g/mol. The van der Waals surface area contributed by atoms with Crippen LogP contribution < -0.4 is 5.32 Å². The van der Waals surface area contributed by atoms with Crippen molar-refractivity contribution in [3.63, 3.8) is 0 Å². The molecular weight excluding hydrogens is 270 g/mol. The van der Waals surface area contributed by atoms with Gasteiger partial charge < -0.3 is 10.1 Å². The van der Waals surface area contributed by atoms with Gasteiger partial charge in [0, 0.05) is 25.3 Å². The fourth-order valence-electron chi connectivity index (χ4n) is 1.71. The van der Waals surface area contributed by atoms with Gasteiger partial charge in [0.05, 0.1) is 0 Å². The van der Waals surface area contributed by atoms with Crippen molar-refractivity contribution in [1.82, 2.24) is 10.2 Å². The van der Waals surface area contributed by atoms with E-state index in [0.29, 0.717) is 0 Å². The molecule has 1 aromatic carbocycles. The molecule has 0 atom stereocenters. The second-order valence-corrected chi connectivity index (χ2v) is 5.50. The maximum Gasteiger partial charge on any atom is 0.206 e. The molecule has 0 aliphatic heterocycles. The highest BCUT2D eigenvalue weighted by molar-refractivity contribution is 7.18. The van der Waals surface area contributed by atoms with Crippen LogP contribution in [-0.4, -0.2) is 30.0 Å². The summed E-state index contributed by atoms with van der Waals surface area (Å²) in [6, 6.07) is 10.1. The van der Waals surface area contributed by atoms with Gasteiger partial charge in [-0.15, -0.1) is 10.2 Å². The number of rotatable bonds is 9. The highest BCUT2D eigenvalue weighted by atomic mass is 32.1. The van der Waals surface area contributed by atoms with E-state index in [1.807, 2.05) is 30.3 Å². The van der Waals surface area contributed by atoms with E-state index < -0.39 is 0 Å². The zero-order valence-corrected chi connectivity index (χ0v) is 12.7. The Bertz CT molecular complexity index is 487. The van der Waals surface area contributed by atoms with Gasteiger partial charge in [0.1, 0.15) is 5.01 Å². The number of aromatic nitrogens is 2. The van der Waals surface area contributed by atoms with E-state index in [2.05, 4.69) is 22.4 Å². The van der Waals surface area contributed by atoms with Crippen molar-refractivity contribution >= 4 is 16.5 Å². The van der Waals surface area contributed by atoms with E-state index in [4.69, 9.17) is 4.74 Å². The molecule has 1 aromatic heterocycles. The number of ether oxygens (including phenoxy) is 1. The Morgan fingerprint density at radius 2 is 1.90 bits per heavy atom. The lowest BCUT2D eigenvalue weighted by molar-refractivity contribution is 0.131. The highest BCUT2D eigenvalue weighted by Gasteiger charge is 2.05. The third-order valence-corrected chi connectivity index (χ3v) is 3.76. The van der Waals surface area contributed by atoms with Crippen molar-refractivity contribution in [2.75, 3.05) is 25.1 Å². The Morgan fingerprint density at radius 3 is 2.70 bits per heavy atom. The van der Waals surface area contributed by atoms with Gasteiger partial charge in [-0.05, 0) is 12.8 Å². The van der Waals surface area contributed by atoms with Crippen LogP contribution in [0, 0.1) is 0 Å². The molecule has 0 amide bonds. The number of anilines is 1. The van der Waals surface area contributed by atoms with E-state index in [-0.39, 0.29) is 0 Å². The van der Waals surface area contributed by atoms with Gasteiger partial charge in [0.15, 0.2) is 0 Å². The van der Waals surface area contributed by atoms with Crippen molar-refractivity contribution in [3.8, 4) is 10.6 Å². The van der Waals surface area contributed by atoms with Crippen LogP contribution in [0.3, 0.4) is 0 Å². The summed E-state index contributed by atoms with van der Waals surface area (Å²) >= 11 is 1.58. The van der Waals surface area contributed by atoms with Crippen LogP contribution in [0.4, 0.5) is 5.13 Å². The lowest BCUT2D eigenvalue weighted by Crippen LogP contribution is -2.06. The molecule has 0 aliphatic carbocycles. The Kier molecular flexibility index (Phi) is 6.47. The predicted octanol–water partition coefficient (Wildman–Crippen LogP) is 3.82. The lowest BCUT2D eigenvalue weighted by atomic mass is 10.2. The van der Waals surface area contributed by atoms with Crippen LogP contribution in [0.5, 0.6) is 0 Å². The summed E-state index contributed by atoms with van der Waals surface area (Å²) in [7, 11) is 0. The standard InChI is InChI=1S/C15H21N3OS/c1-2-3-11-19-12-7-10-16-15-18-17-14(20-15)13-8-5-4-6-9-13/h4-6,8-9H,2-3,7,10-12H2,1H3,(H,16,18). The summed E-state index contributed by atoms with van der Waals surface area (Å²) < 4.78 is 5.51. The SMILES string of the molecule is CCCCOCCCNc1nnc(-c2ccccc2)s1. The third-order valence-electron chi connectivity index (χ3n) is 2.83. The van der Waals surface area contributed by atoms with Gasteiger partial charge in [0.25, 0.3) is 0 Å². The molecule has 2 aromatic rings. The molecule has 5 heteroatoms. The normalized spacial score (nSPS) is 10.7. The maximum atomic E-state index is 5.51. The Labute approximate surface area is 124 Å². The molecule has 0 fully saturated rings. The first kappa shape index (κ1) is 14.9. The number of unbranched alkanes of at least 4 members (excludes halogenated alkanes) is 1. The van der Waals surface area contributed by atoms with Crippen LogP contribution in [0.1, 0.15) is 26.2 Å². The third kappa shape index (κ3) is 4.90. The first-order valence-electron chi connectivity index (χ1n) is 7.10. The molecular formula is C15H21N3OS. The Morgan fingerprint density at radius 1 is 1.10 bits per heavy atom. The molecule has 2 rings (SSSR count). The zero-order chi connectivity index (χ0) is 14.0. The number of benzene rings is 1. The van der Waals surface area contributed by atoms with Crippen LogP contribution in [0.25, 0.3) is 10.6 Å². The number of hydrogen-bond acceptors (Lipinski definition) is 5. The number of hydrogen-bond donors (Lipinski definition) is 1.